The molecule has 2 nitrogen and oxygen atoms in total. The fourth-order valence-electron chi connectivity index (χ4n) is 0.292. The monoisotopic (exact) mass is 160 g/mol. The highest BCUT2D eigenvalue weighted by atomic mass is 19.3. The van der Waals surface area contributed by atoms with Crippen molar-refractivity contribution in [1.82, 2.24) is 0 Å². The molecule has 0 unspecified atom stereocenters. The first-order valence-corrected chi connectivity index (χ1v) is 3.04. The molecule has 0 atom stereocenters. The number of allylic oxidation sites excluding steroid dienone is 1. The average Bonchev–Trinajstić information content (AvgIpc) is 1.99. The van der Waals surface area contributed by atoms with Crippen LogP contribution in [0.3, 0.4) is 0 Å². The maximum Gasteiger partial charge on any atom is 0.276 e. The van der Waals surface area contributed by atoms with Gasteiger partial charge in [-0.3, -0.25) is 9.98 Å². The Labute approximate surface area is 64.4 Å². The number of hydrogen-bond donors (Lipinski definition) is 0. The van der Waals surface area contributed by atoms with Gasteiger partial charge in [-0.05, 0) is 20.6 Å². The van der Waals surface area contributed by atoms with E-state index >= 15 is 0 Å². The molecule has 0 heterocycles. The molecule has 0 bridgehead atoms. The highest BCUT2D eigenvalue weighted by molar-refractivity contribution is 5.85. The summed E-state index contributed by atoms with van der Waals surface area (Å²) < 4.78 is 23.6. The van der Waals surface area contributed by atoms with Gasteiger partial charge in [-0.25, -0.2) is 8.78 Å². The van der Waals surface area contributed by atoms with Crippen molar-refractivity contribution in [2.75, 3.05) is 0 Å². The molecule has 62 valence electrons. The molecule has 0 aliphatic rings. The van der Waals surface area contributed by atoms with Crippen molar-refractivity contribution < 1.29 is 8.78 Å². The third-order valence-corrected chi connectivity index (χ3v) is 1.02. The Kier molecular flexibility index (Phi) is 4.26. The predicted molar refractivity (Wildman–Crippen MR) is 42.4 cm³/mol. The summed E-state index contributed by atoms with van der Waals surface area (Å²) in [6.07, 6.45) is -1.24. The van der Waals surface area contributed by atoms with E-state index in [1.165, 1.54) is 13.1 Å². The molecule has 0 aromatic rings. The topological polar surface area (TPSA) is 24.7 Å². The summed E-state index contributed by atoms with van der Waals surface area (Å²) in [4.78, 5) is 6.94. The van der Waals surface area contributed by atoms with E-state index in [0.717, 1.165) is 0 Å². The van der Waals surface area contributed by atoms with Crippen LogP contribution in [0.1, 0.15) is 13.8 Å². The zero-order valence-corrected chi connectivity index (χ0v) is 6.51. The van der Waals surface area contributed by atoms with E-state index in [-0.39, 0.29) is 5.71 Å². The van der Waals surface area contributed by atoms with Crippen molar-refractivity contribution in [3.05, 3.63) is 11.9 Å². The van der Waals surface area contributed by atoms with E-state index in [0.29, 0.717) is 5.70 Å². The van der Waals surface area contributed by atoms with Gasteiger partial charge in [-0.1, -0.05) is 0 Å². The van der Waals surface area contributed by atoms with Crippen LogP contribution in [0.15, 0.2) is 21.9 Å². The molecular weight excluding hydrogens is 150 g/mol. The SMILES string of the molecule is C=N/C(C)=C\N=C(C)C(F)F. The molecule has 0 saturated heterocycles. The minimum atomic E-state index is -2.50. The maximum atomic E-state index is 11.8. The van der Waals surface area contributed by atoms with Crippen molar-refractivity contribution in [2.45, 2.75) is 20.3 Å². The minimum absolute atomic E-state index is 0.215. The highest BCUT2D eigenvalue weighted by Gasteiger charge is 2.04. The van der Waals surface area contributed by atoms with Crippen LogP contribution in [0.5, 0.6) is 0 Å². The van der Waals surface area contributed by atoms with Crippen molar-refractivity contribution in [2.24, 2.45) is 9.98 Å². The van der Waals surface area contributed by atoms with E-state index in [1.54, 1.807) is 6.92 Å². The quantitative estimate of drug-likeness (QED) is 0.566. The van der Waals surface area contributed by atoms with Gasteiger partial charge in [-0.15, -0.1) is 0 Å². The molecule has 0 aromatic carbocycles. The lowest BCUT2D eigenvalue weighted by molar-refractivity contribution is 0.225. The molecule has 0 fully saturated rings. The standard InChI is InChI=1S/C7H10F2N2/c1-5(10-3)4-11-6(2)7(8)9/h4,7H,3H2,1-2H3/b5-4-,11-6?. The zero-order chi connectivity index (χ0) is 8.85. The first-order chi connectivity index (χ1) is 5.07. The first kappa shape index (κ1) is 9.94. The van der Waals surface area contributed by atoms with Gasteiger partial charge in [0.2, 0.25) is 0 Å². The number of halogens is 2. The number of nitrogens with zero attached hydrogens (tertiary/aromatic N) is 2. The lowest BCUT2D eigenvalue weighted by Gasteiger charge is -1.93. The fourth-order valence-corrected chi connectivity index (χ4v) is 0.292. The van der Waals surface area contributed by atoms with Crippen LogP contribution in [0.2, 0.25) is 0 Å². The summed E-state index contributed by atoms with van der Waals surface area (Å²) in [5.41, 5.74) is 0.304. The Morgan fingerprint density at radius 2 is 2.00 bits per heavy atom. The van der Waals surface area contributed by atoms with Gasteiger partial charge in [0.15, 0.2) is 0 Å². The zero-order valence-electron chi connectivity index (χ0n) is 6.51. The van der Waals surface area contributed by atoms with Crippen LogP contribution in [0.25, 0.3) is 0 Å². The first-order valence-electron chi connectivity index (χ1n) is 3.04. The van der Waals surface area contributed by atoms with Gasteiger partial charge in [0.25, 0.3) is 6.43 Å². The summed E-state index contributed by atoms with van der Waals surface area (Å²) in [6.45, 7) is 6.10. The van der Waals surface area contributed by atoms with Gasteiger partial charge in [-0.2, -0.15) is 0 Å². The number of rotatable bonds is 3. The van der Waals surface area contributed by atoms with Crippen LogP contribution >= 0.6 is 0 Å². The smallest absolute Gasteiger partial charge is 0.268 e. The summed E-state index contributed by atoms with van der Waals surface area (Å²) >= 11 is 0. The van der Waals surface area contributed by atoms with E-state index in [2.05, 4.69) is 16.7 Å². The van der Waals surface area contributed by atoms with Gasteiger partial charge < -0.3 is 0 Å². The van der Waals surface area contributed by atoms with Crippen LogP contribution < -0.4 is 0 Å². The molecule has 0 spiro atoms. The molecule has 4 heteroatoms. The molecule has 0 N–H and O–H groups in total. The highest BCUT2D eigenvalue weighted by Crippen LogP contribution is 1.98. The Balaban J connectivity index is 4.22. The Morgan fingerprint density at radius 1 is 1.45 bits per heavy atom. The number of hydrogen-bond acceptors (Lipinski definition) is 2. The Morgan fingerprint density at radius 3 is 2.36 bits per heavy atom. The summed E-state index contributed by atoms with van der Waals surface area (Å²) in [6, 6.07) is 0. The number of alkyl halides is 2. The Bertz CT molecular complexity index is 195. The minimum Gasteiger partial charge on any atom is -0.268 e. The van der Waals surface area contributed by atoms with Gasteiger partial charge in [0.1, 0.15) is 0 Å². The fraction of sp³-hybridized carbons (Fsp3) is 0.429. The summed E-state index contributed by atoms with van der Waals surface area (Å²) in [5.74, 6) is 0. The van der Waals surface area contributed by atoms with E-state index in [1.807, 2.05) is 0 Å². The van der Waals surface area contributed by atoms with Crippen molar-refractivity contribution >= 4 is 12.4 Å². The average molecular weight is 160 g/mol. The third kappa shape index (κ3) is 4.36. The van der Waals surface area contributed by atoms with Gasteiger partial charge >= 0.3 is 0 Å². The molecule has 0 saturated carbocycles. The van der Waals surface area contributed by atoms with Crippen LogP contribution in [0.4, 0.5) is 8.78 Å². The second-order valence-electron chi connectivity index (χ2n) is 2.00. The predicted octanol–water partition coefficient (Wildman–Crippen LogP) is 2.27. The summed E-state index contributed by atoms with van der Waals surface area (Å²) in [7, 11) is 0. The molecular formula is C7H10F2N2. The Hall–Kier alpha value is -1.06. The molecule has 0 aromatic heterocycles. The van der Waals surface area contributed by atoms with Gasteiger partial charge in [0.05, 0.1) is 11.4 Å². The third-order valence-electron chi connectivity index (χ3n) is 1.02. The van der Waals surface area contributed by atoms with Crippen molar-refractivity contribution in [1.29, 1.82) is 0 Å². The molecule has 0 amide bonds. The van der Waals surface area contributed by atoms with E-state index in [4.69, 9.17) is 0 Å². The largest absolute Gasteiger partial charge is 0.276 e. The van der Waals surface area contributed by atoms with Gasteiger partial charge in [0, 0.05) is 6.20 Å². The van der Waals surface area contributed by atoms with E-state index in [9.17, 15) is 8.78 Å². The van der Waals surface area contributed by atoms with Crippen LogP contribution in [0, 0.1) is 0 Å². The van der Waals surface area contributed by atoms with Crippen molar-refractivity contribution in [3.8, 4) is 0 Å². The lowest BCUT2D eigenvalue weighted by atomic mass is 10.4. The second kappa shape index (κ2) is 4.71. The molecule has 0 aliphatic carbocycles. The maximum absolute atomic E-state index is 11.8. The molecule has 11 heavy (non-hydrogen) atoms. The van der Waals surface area contributed by atoms with Crippen molar-refractivity contribution in [3.63, 3.8) is 0 Å². The molecule has 0 rings (SSSR count). The van der Waals surface area contributed by atoms with E-state index < -0.39 is 6.43 Å². The molecule has 0 aliphatic heterocycles. The lowest BCUT2D eigenvalue weighted by Crippen LogP contribution is -2.03. The second-order valence-corrected chi connectivity index (χ2v) is 2.00. The molecule has 0 radical (unpaired) electrons. The number of aliphatic imine (C=N–C) groups is 2. The summed E-state index contributed by atoms with van der Waals surface area (Å²) in [5, 5.41) is 0. The van der Waals surface area contributed by atoms with Crippen LogP contribution in [-0.4, -0.2) is 18.9 Å². The van der Waals surface area contributed by atoms with Crippen LogP contribution in [-0.2, 0) is 0 Å². The normalized spacial score (nSPS) is 13.9.